The highest BCUT2D eigenvalue weighted by Crippen LogP contribution is 2.25. The number of carbonyl (C=O) groups excluding carboxylic acids is 1. The number of rotatable bonds is 3. The zero-order chi connectivity index (χ0) is 13.8. The van der Waals surface area contributed by atoms with Gasteiger partial charge in [-0.15, -0.1) is 12.6 Å². The maximum atomic E-state index is 12.0. The number of hydrogen-bond acceptors (Lipinski definition) is 2. The Morgan fingerprint density at radius 3 is 2.58 bits per heavy atom. The van der Waals surface area contributed by atoms with Crippen LogP contribution in [0.3, 0.4) is 0 Å². The summed E-state index contributed by atoms with van der Waals surface area (Å²) in [6, 6.07) is 13.4. The van der Waals surface area contributed by atoms with E-state index in [2.05, 4.69) is 33.9 Å². The zero-order valence-electron chi connectivity index (χ0n) is 10.5. The molecule has 0 bridgehead atoms. The van der Waals surface area contributed by atoms with E-state index in [1.54, 1.807) is 0 Å². The fraction of sp³-hybridized carbons (Fsp3) is 0.133. The molecule has 0 aliphatic rings. The second-order valence-corrected chi connectivity index (χ2v) is 5.64. The van der Waals surface area contributed by atoms with Crippen molar-refractivity contribution in [3.8, 4) is 0 Å². The van der Waals surface area contributed by atoms with Gasteiger partial charge in [0.1, 0.15) is 0 Å². The third-order valence-corrected chi connectivity index (χ3v) is 4.12. The van der Waals surface area contributed by atoms with Crippen LogP contribution in [0.25, 0.3) is 0 Å². The molecule has 0 fully saturated rings. The van der Waals surface area contributed by atoms with E-state index < -0.39 is 0 Å². The molecule has 0 heterocycles. The predicted molar refractivity (Wildman–Crippen MR) is 84.9 cm³/mol. The normalized spacial score (nSPS) is 10.3. The van der Waals surface area contributed by atoms with E-state index in [1.807, 2.05) is 49.4 Å². The van der Waals surface area contributed by atoms with Crippen LogP contribution < -0.4 is 5.32 Å². The molecule has 1 N–H and O–H groups in total. The Balaban J connectivity index is 2.05. The summed E-state index contributed by atoms with van der Waals surface area (Å²) < 4.78 is 0.925. The molecule has 0 aromatic heterocycles. The van der Waals surface area contributed by atoms with Crippen molar-refractivity contribution in [2.24, 2.45) is 0 Å². The highest BCUT2D eigenvalue weighted by Gasteiger charge is 2.07. The smallest absolute Gasteiger partial charge is 0.228 e. The minimum absolute atomic E-state index is 0.0294. The highest BCUT2D eigenvalue weighted by atomic mass is 79.9. The number of hydrogen-bond donors (Lipinski definition) is 2. The lowest BCUT2D eigenvalue weighted by molar-refractivity contribution is -0.115. The van der Waals surface area contributed by atoms with Crippen molar-refractivity contribution in [3.63, 3.8) is 0 Å². The summed E-state index contributed by atoms with van der Waals surface area (Å²) in [6.07, 6.45) is 0.356. The molecule has 0 saturated carbocycles. The monoisotopic (exact) mass is 335 g/mol. The topological polar surface area (TPSA) is 29.1 Å². The van der Waals surface area contributed by atoms with Crippen LogP contribution in [0, 0.1) is 6.92 Å². The predicted octanol–water partition coefficient (Wildman–Crippen LogP) is 4.23. The van der Waals surface area contributed by atoms with Crippen molar-refractivity contribution in [1.82, 2.24) is 0 Å². The molecule has 0 aliphatic heterocycles. The molecule has 0 unspecified atom stereocenters. The van der Waals surface area contributed by atoms with Crippen molar-refractivity contribution >= 4 is 40.2 Å². The van der Waals surface area contributed by atoms with Gasteiger partial charge in [-0.05, 0) is 52.2 Å². The third-order valence-electron chi connectivity index (χ3n) is 2.77. The summed E-state index contributed by atoms with van der Waals surface area (Å²) in [5, 5.41) is 2.91. The summed E-state index contributed by atoms with van der Waals surface area (Å²) >= 11 is 7.70. The van der Waals surface area contributed by atoms with Gasteiger partial charge in [-0.2, -0.15) is 0 Å². The second kappa shape index (κ2) is 6.26. The Morgan fingerprint density at radius 1 is 1.21 bits per heavy atom. The van der Waals surface area contributed by atoms with Gasteiger partial charge < -0.3 is 5.32 Å². The van der Waals surface area contributed by atoms with Crippen molar-refractivity contribution in [1.29, 1.82) is 0 Å². The van der Waals surface area contributed by atoms with E-state index in [4.69, 9.17) is 0 Å². The molecule has 2 aromatic rings. The standard InChI is InChI=1S/C15H14BrNOS/c1-10-3-2-4-13(15(10)16)17-14(18)9-11-5-7-12(19)8-6-11/h2-8,19H,9H2,1H3,(H,17,18). The number of halogens is 1. The van der Waals surface area contributed by atoms with Gasteiger partial charge in [0.2, 0.25) is 5.91 Å². The second-order valence-electron chi connectivity index (χ2n) is 4.33. The number of aryl methyl sites for hydroxylation is 1. The number of nitrogens with one attached hydrogen (secondary N) is 1. The van der Waals surface area contributed by atoms with E-state index in [0.29, 0.717) is 6.42 Å². The first kappa shape index (κ1) is 14.2. The molecule has 2 aromatic carbocycles. The molecule has 0 aliphatic carbocycles. The quantitative estimate of drug-likeness (QED) is 0.807. The van der Waals surface area contributed by atoms with Crippen molar-refractivity contribution < 1.29 is 4.79 Å². The molecular formula is C15H14BrNOS. The Hall–Kier alpha value is -1.26. The van der Waals surface area contributed by atoms with E-state index in [-0.39, 0.29) is 5.91 Å². The maximum absolute atomic E-state index is 12.0. The van der Waals surface area contributed by atoms with Crippen molar-refractivity contribution in [3.05, 3.63) is 58.1 Å². The molecule has 98 valence electrons. The number of thiol groups is 1. The van der Waals surface area contributed by atoms with Crippen molar-refractivity contribution in [2.45, 2.75) is 18.2 Å². The van der Waals surface area contributed by atoms with Gasteiger partial charge >= 0.3 is 0 Å². The molecule has 0 radical (unpaired) electrons. The molecule has 2 nitrogen and oxygen atoms in total. The van der Waals surface area contributed by atoms with Crippen LogP contribution in [0.1, 0.15) is 11.1 Å². The first-order chi connectivity index (χ1) is 9.06. The van der Waals surface area contributed by atoms with Crippen LogP contribution in [0.4, 0.5) is 5.69 Å². The minimum Gasteiger partial charge on any atom is -0.325 e. The molecule has 0 saturated heterocycles. The van der Waals surface area contributed by atoms with Crippen LogP contribution in [0.2, 0.25) is 0 Å². The number of benzene rings is 2. The Labute approximate surface area is 126 Å². The fourth-order valence-corrected chi connectivity index (χ4v) is 2.25. The summed E-state index contributed by atoms with van der Waals surface area (Å²) in [4.78, 5) is 12.9. The first-order valence-electron chi connectivity index (χ1n) is 5.89. The van der Waals surface area contributed by atoms with E-state index in [9.17, 15) is 4.79 Å². The van der Waals surface area contributed by atoms with Crippen LogP contribution in [-0.2, 0) is 11.2 Å². The molecular weight excluding hydrogens is 322 g/mol. The molecule has 0 atom stereocenters. The molecule has 1 amide bonds. The number of amides is 1. The highest BCUT2D eigenvalue weighted by molar-refractivity contribution is 9.10. The SMILES string of the molecule is Cc1cccc(NC(=O)Cc2ccc(S)cc2)c1Br. The Morgan fingerprint density at radius 2 is 1.89 bits per heavy atom. The Kier molecular flexibility index (Phi) is 4.66. The largest absolute Gasteiger partial charge is 0.325 e. The van der Waals surface area contributed by atoms with E-state index in [1.165, 1.54) is 0 Å². The van der Waals surface area contributed by atoms with E-state index >= 15 is 0 Å². The van der Waals surface area contributed by atoms with Gasteiger partial charge in [0.05, 0.1) is 12.1 Å². The van der Waals surface area contributed by atoms with Gasteiger partial charge in [0, 0.05) is 9.37 Å². The van der Waals surface area contributed by atoms with Gasteiger partial charge in [-0.3, -0.25) is 4.79 Å². The molecule has 0 spiro atoms. The number of carbonyl (C=O) groups is 1. The Bertz CT molecular complexity index is 596. The van der Waals surface area contributed by atoms with Gasteiger partial charge in [-0.1, -0.05) is 24.3 Å². The summed E-state index contributed by atoms with van der Waals surface area (Å²) in [5.41, 5.74) is 2.87. The van der Waals surface area contributed by atoms with Crippen LogP contribution >= 0.6 is 28.6 Å². The summed E-state index contributed by atoms with van der Waals surface area (Å²) in [7, 11) is 0. The minimum atomic E-state index is -0.0294. The molecule has 4 heteroatoms. The molecule has 2 rings (SSSR count). The first-order valence-corrected chi connectivity index (χ1v) is 7.13. The van der Waals surface area contributed by atoms with Crippen LogP contribution in [-0.4, -0.2) is 5.91 Å². The lowest BCUT2D eigenvalue weighted by atomic mass is 10.1. The van der Waals surface area contributed by atoms with Gasteiger partial charge in [-0.25, -0.2) is 0 Å². The fourth-order valence-electron chi connectivity index (χ4n) is 1.74. The lowest BCUT2D eigenvalue weighted by Crippen LogP contribution is -2.14. The van der Waals surface area contributed by atoms with Crippen LogP contribution in [0.5, 0.6) is 0 Å². The average molecular weight is 336 g/mol. The van der Waals surface area contributed by atoms with Crippen LogP contribution in [0.15, 0.2) is 51.8 Å². The average Bonchev–Trinajstić information content (AvgIpc) is 2.38. The van der Waals surface area contributed by atoms with Crippen molar-refractivity contribution in [2.75, 3.05) is 5.32 Å². The zero-order valence-corrected chi connectivity index (χ0v) is 13.0. The number of anilines is 1. The van der Waals surface area contributed by atoms with E-state index in [0.717, 1.165) is 26.2 Å². The van der Waals surface area contributed by atoms with Gasteiger partial charge in [0.25, 0.3) is 0 Å². The third kappa shape index (κ3) is 3.85. The molecule has 19 heavy (non-hydrogen) atoms. The lowest BCUT2D eigenvalue weighted by Gasteiger charge is -2.09. The maximum Gasteiger partial charge on any atom is 0.228 e. The summed E-state index contributed by atoms with van der Waals surface area (Å²) in [5.74, 6) is -0.0294. The van der Waals surface area contributed by atoms with Gasteiger partial charge in [0.15, 0.2) is 0 Å². The summed E-state index contributed by atoms with van der Waals surface area (Å²) in [6.45, 7) is 1.99.